The van der Waals surface area contributed by atoms with E-state index in [0.717, 1.165) is 42.5 Å². The Balaban J connectivity index is 1.37. The molecule has 1 N–H and O–H groups in total. The van der Waals surface area contributed by atoms with Crippen molar-refractivity contribution < 1.29 is 9.26 Å². The summed E-state index contributed by atoms with van der Waals surface area (Å²) < 4.78 is 11.3. The number of benzene rings is 3. The van der Waals surface area contributed by atoms with Crippen LogP contribution in [0.15, 0.2) is 65.2 Å². The molecule has 1 heterocycles. The van der Waals surface area contributed by atoms with Crippen LogP contribution in [0.25, 0.3) is 22.2 Å². The molecular formula is C28H31N3O2. The van der Waals surface area contributed by atoms with Crippen LogP contribution in [0, 0.1) is 6.92 Å². The fraction of sp³-hybridized carbons (Fsp3) is 0.357. The van der Waals surface area contributed by atoms with Crippen LogP contribution >= 0.6 is 0 Å². The molecule has 1 aliphatic carbocycles. The molecule has 0 aliphatic heterocycles. The van der Waals surface area contributed by atoms with Crippen LogP contribution < -0.4 is 5.32 Å². The van der Waals surface area contributed by atoms with E-state index in [1.165, 1.54) is 16.3 Å². The lowest BCUT2D eigenvalue weighted by Crippen LogP contribution is -2.29. The van der Waals surface area contributed by atoms with Crippen molar-refractivity contribution in [1.29, 1.82) is 0 Å². The second-order valence-electron chi connectivity index (χ2n) is 9.13. The quantitative estimate of drug-likeness (QED) is 0.360. The molecule has 1 unspecified atom stereocenters. The summed E-state index contributed by atoms with van der Waals surface area (Å²) in [4.78, 5) is 4.81. The van der Waals surface area contributed by atoms with Gasteiger partial charge in [0.05, 0.1) is 12.0 Å². The number of nitrogens with zero attached hydrogens (tertiary/aromatic N) is 2. The van der Waals surface area contributed by atoms with Crippen LogP contribution in [0.2, 0.25) is 0 Å². The maximum absolute atomic E-state index is 5.76. The first-order chi connectivity index (χ1) is 16.1. The van der Waals surface area contributed by atoms with Gasteiger partial charge < -0.3 is 14.6 Å². The molecule has 4 aromatic rings. The zero-order valence-electron chi connectivity index (χ0n) is 19.5. The molecule has 0 radical (unpaired) electrons. The molecule has 5 rings (SSSR count). The number of methoxy groups -OCH3 is 1. The van der Waals surface area contributed by atoms with Crippen LogP contribution in [0.5, 0.6) is 0 Å². The Hall–Kier alpha value is -3.18. The highest BCUT2D eigenvalue weighted by atomic mass is 16.5. The van der Waals surface area contributed by atoms with Crippen molar-refractivity contribution >= 4 is 16.5 Å². The summed E-state index contributed by atoms with van der Waals surface area (Å²) in [6, 6.07) is 21.7. The average molecular weight is 442 g/mol. The number of fused-ring (bicyclic) bond motifs is 1. The van der Waals surface area contributed by atoms with Crippen molar-refractivity contribution in [1.82, 2.24) is 10.1 Å². The minimum absolute atomic E-state index is 0.00920. The van der Waals surface area contributed by atoms with Gasteiger partial charge in [0.1, 0.15) is 0 Å². The van der Waals surface area contributed by atoms with E-state index in [-0.39, 0.29) is 5.92 Å². The maximum atomic E-state index is 5.76. The smallest absolute Gasteiger partial charge is 0.234 e. The lowest BCUT2D eigenvalue weighted by molar-refractivity contribution is 0.0682. The molecule has 5 nitrogen and oxygen atoms in total. The predicted octanol–water partition coefficient (Wildman–Crippen LogP) is 6.72. The van der Waals surface area contributed by atoms with Crippen LogP contribution in [0.4, 0.5) is 5.69 Å². The minimum atomic E-state index is 0.00920. The number of hydrogen-bond donors (Lipinski definition) is 1. The van der Waals surface area contributed by atoms with Crippen molar-refractivity contribution in [3.05, 3.63) is 77.7 Å². The number of aromatic nitrogens is 2. The summed E-state index contributed by atoms with van der Waals surface area (Å²) in [6.07, 6.45) is 4.85. The molecule has 0 spiro atoms. The molecule has 3 aromatic carbocycles. The highest BCUT2D eigenvalue weighted by molar-refractivity contribution is 5.86. The predicted molar refractivity (Wildman–Crippen MR) is 133 cm³/mol. The van der Waals surface area contributed by atoms with E-state index in [1.807, 2.05) is 7.11 Å². The molecule has 1 fully saturated rings. The molecular weight excluding hydrogens is 410 g/mol. The second-order valence-corrected chi connectivity index (χ2v) is 9.13. The fourth-order valence-electron chi connectivity index (χ4n) is 4.91. The fourth-order valence-corrected chi connectivity index (χ4v) is 4.91. The van der Waals surface area contributed by atoms with E-state index in [1.54, 1.807) is 0 Å². The molecule has 0 saturated heterocycles. The number of nitrogens with one attached hydrogen (secondary N) is 1. The van der Waals surface area contributed by atoms with Crippen molar-refractivity contribution in [2.24, 2.45) is 0 Å². The van der Waals surface area contributed by atoms with Gasteiger partial charge in [0.25, 0.3) is 0 Å². The van der Waals surface area contributed by atoms with E-state index >= 15 is 0 Å². The molecule has 0 amide bonds. The van der Waals surface area contributed by atoms with Crippen molar-refractivity contribution in [3.8, 4) is 11.4 Å². The summed E-state index contributed by atoms with van der Waals surface area (Å²) in [5.74, 6) is 1.29. The van der Waals surface area contributed by atoms with Gasteiger partial charge in [-0.25, -0.2) is 0 Å². The number of hydrogen-bond acceptors (Lipinski definition) is 5. The highest BCUT2D eigenvalue weighted by Crippen LogP contribution is 2.32. The van der Waals surface area contributed by atoms with E-state index in [4.69, 9.17) is 14.2 Å². The first-order valence-electron chi connectivity index (χ1n) is 11.8. The normalized spacial score (nSPS) is 19.5. The molecule has 5 heteroatoms. The number of ether oxygens (including phenoxy) is 1. The van der Waals surface area contributed by atoms with Crippen molar-refractivity contribution in [3.63, 3.8) is 0 Å². The molecule has 170 valence electrons. The van der Waals surface area contributed by atoms with E-state index < -0.39 is 0 Å². The van der Waals surface area contributed by atoms with Gasteiger partial charge in [-0.1, -0.05) is 53.7 Å². The molecule has 1 atom stereocenters. The summed E-state index contributed by atoms with van der Waals surface area (Å²) >= 11 is 0. The van der Waals surface area contributed by atoms with Gasteiger partial charge in [0, 0.05) is 24.4 Å². The second kappa shape index (κ2) is 9.36. The van der Waals surface area contributed by atoms with Gasteiger partial charge in [-0.15, -0.1) is 0 Å². The third kappa shape index (κ3) is 4.51. The molecule has 1 aliphatic rings. The van der Waals surface area contributed by atoms with Crippen molar-refractivity contribution in [2.75, 3.05) is 12.4 Å². The standard InChI is InChI=1S/C28H31N3O2/c1-18-11-12-22(29-21-13-15-23(32-3)16-14-21)17-26(18)27-30-28(33-31-27)19(2)24-10-6-8-20-7-4-5-9-25(20)24/h4-12,17,19,21,23,29H,13-16H2,1-3H3. The Morgan fingerprint density at radius 3 is 2.61 bits per heavy atom. The zero-order valence-corrected chi connectivity index (χ0v) is 19.5. The SMILES string of the molecule is COC1CCC(Nc2ccc(C)c(-c3noc(C(C)c4cccc5ccccc45)n3)c2)CC1. The van der Waals surface area contributed by atoms with E-state index in [9.17, 15) is 0 Å². The summed E-state index contributed by atoms with van der Waals surface area (Å²) in [6.45, 7) is 4.22. The molecule has 33 heavy (non-hydrogen) atoms. The summed E-state index contributed by atoms with van der Waals surface area (Å²) in [5.41, 5.74) is 4.44. The first-order valence-corrected chi connectivity index (χ1v) is 11.8. The van der Waals surface area contributed by atoms with Gasteiger partial charge in [-0.3, -0.25) is 0 Å². The first kappa shape index (κ1) is 21.7. The van der Waals surface area contributed by atoms with Gasteiger partial charge >= 0.3 is 0 Å². The Morgan fingerprint density at radius 1 is 1.00 bits per heavy atom. The zero-order chi connectivity index (χ0) is 22.8. The van der Waals surface area contributed by atoms with Gasteiger partial charge in [-0.2, -0.15) is 4.98 Å². The van der Waals surface area contributed by atoms with Crippen LogP contribution in [0.1, 0.15) is 55.5 Å². The molecule has 1 saturated carbocycles. The Bertz CT molecular complexity index is 1240. The summed E-state index contributed by atoms with van der Waals surface area (Å²) in [7, 11) is 1.81. The largest absolute Gasteiger partial charge is 0.382 e. The van der Waals surface area contributed by atoms with Gasteiger partial charge in [-0.05, 0) is 73.6 Å². The monoisotopic (exact) mass is 441 g/mol. The molecule has 0 bridgehead atoms. The topological polar surface area (TPSA) is 60.2 Å². The minimum Gasteiger partial charge on any atom is -0.382 e. The van der Waals surface area contributed by atoms with Crippen LogP contribution in [-0.2, 0) is 4.74 Å². The Morgan fingerprint density at radius 2 is 1.79 bits per heavy atom. The Labute approximate surface area is 195 Å². The lowest BCUT2D eigenvalue weighted by Gasteiger charge is -2.29. The third-order valence-corrected chi connectivity index (χ3v) is 6.96. The lowest BCUT2D eigenvalue weighted by atomic mass is 9.92. The average Bonchev–Trinajstić information content (AvgIpc) is 3.35. The van der Waals surface area contributed by atoms with Crippen LogP contribution in [0.3, 0.4) is 0 Å². The van der Waals surface area contributed by atoms with E-state index in [2.05, 4.69) is 85.0 Å². The number of anilines is 1. The van der Waals surface area contributed by atoms with Crippen molar-refractivity contribution in [2.45, 2.75) is 57.6 Å². The molecule has 1 aromatic heterocycles. The van der Waals surface area contributed by atoms with Crippen LogP contribution in [-0.4, -0.2) is 29.4 Å². The highest BCUT2D eigenvalue weighted by Gasteiger charge is 2.22. The van der Waals surface area contributed by atoms with Gasteiger partial charge in [0.2, 0.25) is 11.7 Å². The van der Waals surface area contributed by atoms with Gasteiger partial charge in [0.15, 0.2) is 0 Å². The maximum Gasteiger partial charge on any atom is 0.234 e. The number of rotatable bonds is 6. The van der Waals surface area contributed by atoms with E-state index in [0.29, 0.717) is 23.9 Å². The number of aryl methyl sites for hydroxylation is 1. The Kier molecular flexibility index (Phi) is 6.14. The summed E-state index contributed by atoms with van der Waals surface area (Å²) in [5, 5.41) is 10.5. The third-order valence-electron chi connectivity index (χ3n) is 6.96.